The van der Waals surface area contributed by atoms with Crippen LogP contribution in [-0.4, -0.2) is 41.0 Å². The summed E-state index contributed by atoms with van der Waals surface area (Å²) in [6.45, 7) is 10.7. The number of nitrogens with one attached hydrogen (secondary N) is 1. The summed E-state index contributed by atoms with van der Waals surface area (Å²) >= 11 is 0. The van der Waals surface area contributed by atoms with E-state index < -0.39 is 0 Å². The molecule has 4 nitrogen and oxygen atoms in total. The molecule has 4 heteroatoms. The molecule has 0 radical (unpaired) electrons. The van der Waals surface area contributed by atoms with Crippen LogP contribution in [0.25, 0.3) is 0 Å². The first kappa shape index (κ1) is 12.9. The molecule has 0 aliphatic rings. The number of hydrogen-bond acceptors (Lipinski definition) is 4. The minimum atomic E-state index is 0.875. The molecule has 0 spiro atoms. The van der Waals surface area contributed by atoms with Gasteiger partial charge in [0.2, 0.25) is 0 Å². The Balaban J connectivity index is 2.20. The van der Waals surface area contributed by atoms with Crippen molar-refractivity contribution >= 4 is 5.82 Å². The van der Waals surface area contributed by atoms with E-state index in [0.717, 1.165) is 44.1 Å². The predicted octanol–water partition coefficient (Wildman–Crippen LogP) is 1.93. The van der Waals surface area contributed by atoms with Crippen LogP contribution in [0.15, 0.2) is 12.4 Å². The Morgan fingerprint density at radius 3 is 2.62 bits per heavy atom. The van der Waals surface area contributed by atoms with Gasteiger partial charge in [-0.3, -0.25) is 4.98 Å². The van der Waals surface area contributed by atoms with Gasteiger partial charge in [-0.15, -0.1) is 0 Å². The Labute approximate surface area is 98.1 Å². The zero-order valence-electron chi connectivity index (χ0n) is 10.5. The second-order valence-corrected chi connectivity index (χ2v) is 3.85. The van der Waals surface area contributed by atoms with E-state index in [9.17, 15) is 0 Å². The van der Waals surface area contributed by atoms with Crippen molar-refractivity contribution in [2.75, 3.05) is 31.5 Å². The molecule has 0 aliphatic carbocycles. The topological polar surface area (TPSA) is 41.0 Å². The number of aromatic nitrogens is 2. The number of anilines is 1. The highest BCUT2D eigenvalue weighted by Gasteiger charge is 1.98. The molecule has 1 heterocycles. The molecule has 0 saturated carbocycles. The molecular weight excluding hydrogens is 200 g/mol. The summed E-state index contributed by atoms with van der Waals surface area (Å²) in [5.41, 5.74) is 0.953. The van der Waals surface area contributed by atoms with E-state index in [-0.39, 0.29) is 0 Å². The zero-order valence-corrected chi connectivity index (χ0v) is 10.5. The lowest BCUT2D eigenvalue weighted by Gasteiger charge is -2.17. The van der Waals surface area contributed by atoms with Gasteiger partial charge in [0, 0.05) is 12.7 Å². The molecule has 0 fully saturated rings. The Hall–Kier alpha value is -1.16. The lowest BCUT2D eigenvalue weighted by atomic mass is 10.3. The van der Waals surface area contributed by atoms with Gasteiger partial charge in [-0.1, -0.05) is 13.8 Å². The summed E-state index contributed by atoms with van der Waals surface area (Å²) in [6, 6.07) is 0. The SMILES string of the molecule is CCN(CC)CCCNc1cncc(C)n1. The molecule has 1 aromatic rings. The Kier molecular flexibility index (Phi) is 5.78. The van der Waals surface area contributed by atoms with E-state index in [2.05, 4.69) is 34.0 Å². The fourth-order valence-corrected chi connectivity index (χ4v) is 1.61. The van der Waals surface area contributed by atoms with Crippen molar-refractivity contribution in [2.24, 2.45) is 0 Å². The summed E-state index contributed by atoms with van der Waals surface area (Å²) in [7, 11) is 0. The maximum atomic E-state index is 4.34. The summed E-state index contributed by atoms with van der Waals surface area (Å²) in [5, 5.41) is 3.29. The van der Waals surface area contributed by atoms with Crippen LogP contribution in [0.5, 0.6) is 0 Å². The molecule has 0 atom stereocenters. The van der Waals surface area contributed by atoms with Crippen molar-refractivity contribution in [3.05, 3.63) is 18.1 Å². The predicted molar refractivity (Wildman–Crippen MR) is 67.7 cm³/mol. The number of hydrogen-bond donors (Lipinski definition) is 1. The van der Waals surface area contributed by atoms with Crippen LogP contribution in [0.4, 0.5) is 5.82 Å². The highest BCUT2D eigenvalue weighted by atomic mass is 15.1. The molecule has 0 bridgehead atoms. The van der Waals surface area contributed by atoms with Crippen molar-refractivity contribution in [3.63, 3.8) is 0 Å². The van der Waals surface area contributed by atoms with Gasteiger partial charge in [0.05, 0.1) is 11.9 Å². The third kappa shape index (κ3) is 4.57. The average Bonchev–Trinajstić information content (AvgIpc) is 2.29. The number of rotatable bonds is 7. The Morgan fingerprint density at radius 2 is 2.00 bits per heavy atom. The van der Waals surface area contributed by atoms with E-state index in [1.54, 1.807) is 12.4 Å². The third-order valence-corrected chi connectivity index (χ3v) is 2.61. The van der Waals surface area contributed by atoms with Gasteiger partial charge >= 0.3 is 0 Å². The van der Waals surface area contributed by atoms with Crippen molar-refractivity contribution in [1.29, 1.82) is 0 Å². The summed E-state index contributed by atoms with van der Waals surface area (Å²) in [4.78, 5) is 10.9. The van der Waals surface area contributed by atoms with Gasteiger partial charge in [-0.25, -0.2) is 4.98 Å². The van der Waals surface area contributed by atoms with Crippen molar-refractivity contribution in [1.82, 2.24) is 14.9 Å². The van der Waals surface area contributed by atoms with Crippen molar-refractivity contribution in [3.8, 4) is 0 Å². The van der Waals surface area contributed by atoms with E-state index in [1.807, 2.05) is 6.92 Å². The fraction of sp³-hybridized carbons (Fsp3) is 0.667. The van der Waals surface area contributed by atoms with Crippen molar-refractivity contribution in [2.45, 2.75) is 27.2 Å². The standard InChI is InChI=1S/C12H22N4/c1-4-16(5-2)8-6-7-14-12-10-13-9-11(3)15-12/h9-10H,4-8H2,1-3H3,(H,14,15). The van der Waals surface area contributed by atoms with Gasteiger partial charge in [0.1, 0.15) is 5.82 Å². The van der Waals surface area contributed by atoms with Crippen molar-refractivity contribution < 1.29 is 0 Å². The monoisotopic (exact) mass is 222 g/mol. The largest absolute Gasteiger partial charge is 0.369 e. The lowest BCUT2D eigenvalue weighted by Crippen LogP contribution is -2.25. The smallest absolute Gasteiger partial charge is 0.144 e. The highest BCUT2D eigenvalue weighted by molar-refractivity contribution is 5.31. The second kappa shape index (κ2) is 7.17. The Morgan fingerprint density at radius 1 is 1.25 bits per heavy atom. The quantitative estimate of drug-likeness (QED) is 0.716. The van der Waals surface area contributed by atoms with E-state index in [1.165, 1.54) is 0 Å². The van der Waals surface area contributed by atoms with Gasteiger partial charge in [-0.2, -0.15) is 0 Å². The van der Waals surface area contributed by atoms with Gasteiger partial charge in [0.15, 0.2) is 0 Å². The minimum Gasteiger partial charge on any atom is -0.369 e. The molecule has 0 unspecified atom stereocenters. The van der Waals surface area contributed by atoms with Gasteiger partial charge in [0.25, 0.3) is 0 Å². The number of aryl methyl sites for hydroxylation is 1. The molecule has 0 aromatic carbocycles. The maximum absolute atomic E-state index is 4.34. The van der Waals surface area contributed by atoms with Crippen LogP contribution in [0.2, 0.25) is 0 Å². The summed E-state index contributed by atoms with van der Waals surface area (Å²) in [6.07, 6.45) is 4.67. The minimum absolute atomic E-state index is 0.875. The summed E-state index contributed by atoms with van der Waals surface area (Å²) in [5.74, 6) is 0.875. The van der Waals surface area contributed by atoms with Crippen LogP contribution >= 0.6 is 0 Å². The molecular formula is C12H22N4. The van der Waals surface area contributed by atoms with E-state index >= 15 is 0 Å². The highest BCUT2D eigenvalue weighted by Crippen LogP contribution is 2.01. The van der Waals surface area contributed by atoms with Gasteiger partial charge < -0.3 is 10.2 Å². The first-order valence-electron chi connectivity index (χ1n) is 6.01. The molecule has 16 heavy (non-hydrogen) atoms. The third-order valence-electron chi connectivity index (χ3n) is 2.61. The molecule has 0 saturated heterocycles. The second-order valence-electron chi connectivity index (χ2n) is 3.85. The fourth-order valence-electron chi connectivity index (χ4n) is 1.61. The van der Waals surface area contributed by atoms with Crippen LogP contribution in [0, 0.1) is 6.92 Å². The van der Waals surface area contributed by atoms with Crippen LogP contribution in [-0.2, 0) is 0 Å². The average molecular weight is 222 g/mol. The molecule has 0 aliphatic heterocycles. The first-order chi connectivity index (χ1) is 7.76. The van der Waals surface area contributed by atoms with E-state index in [4.69, 9.17) is 0 Å². The van der Waals surface area contributed by atoms with Crippen LogP contribution in [0.3, 0.4) is 0 Å². The Bertz CT molecular complexity index is 297. The molecule has 90 valence electrons. The van der Waals surface area contributed by atoms with E-state index in [0.29, 0.717) is 0 Å². The molecule has 1 rings (SSSR count). The zero-order chi connectivity index (χ0) is 11.8. The molecule has 0 amide bonds. The normalized spacial score (nSPS) is 10.8. The van der Waals surface area contributed by atoms with Crippen LogP contribution < -0.4 is 5.32 Å². The van der Waals surface area contributed by atoms with Crippen LogP contribution in [0.1, 0.15) is 26.0 Å². The molecule has 1 N–H and O–H groups in total. The summed E-state index contributed by atoms with van der Waals surface area (Å²) < 4.78 is 0. The lowest BCUT2D eigenvalue weighted by molar-refractivity contribution is 0.303. The maximum Gasteiger partial charge on any atom is 0.144 e. The van der Waals surface area contributed by atoms with Gasteiger partial charge in [-0.05, 0) is 33.0 Å². The molecule has 1 aromatic heterocycles. The first-order valence-corrected chi connectivity index (χ1v) is 6.01. The number of nitrogens with zero attached hydrogens (tertiary/aromatic N) is 3.